The van der Waals surface area contributed by atoms with Crippen LogP contribution in [0.3, 0.4) is 0 Å². The van der Waals surface area contributed by atoms with Crippen LogP contribution in [-0.2, 0) is 20.8 Å². The number of amides is 2. The number of hydrogen-bond acceptors (Lipinski definition) is 6. The van der Waals surface area contributed by atoms with E-state index in [1.54, 1.807) is 32.2 Å². The number of carboxylic acid groups (broad SMARTS) is 1. The predicted molar refractivity (Wildman–Crippen MR) is 99.3 cm³/mol. The maximum absolute atomic E-state index is 12.3. The van der Waals surface area contributed by atoms with Gasteiger partial charge in [0.25, 0.3) is 0 Å². The van der Waals surface area contributed by atoms with Gasteiger partial charge >= 0.3 is 12.0 Å². The summed E-state index contributed by atoms with van der Waals surface area (Å²) in [5.74, 6) is -0.801. The number of thiazole rings is 1. The molecule has 2 amide bonds. The fourth-order valence-electron chi connectivity index (χ4n) is 2.20. The van der Waals surface area contributed by atoms with Crippen molar-refractivity contribution in [3.05, 3.63) is 16.1 Å². The molecule has 0 aromatic carbocycles. The van der Waals surface area contributed by atoms with Crippen molar-refractivity contribution in [1.29, 1.82) is 0 Å². The molecule has 0 aliphatic carbocycles. The average molecular weight is 388 g/mol. The molecule has 26 heavy (non-hydrogen) atoms. The molecule has 8 nitrogen and oxygen atoms in total. The molecule has 0 saturated heterocycles. The Morgan fingerprint density at radius 2 is 1.92 bits per heavy atom. The van der Waals surface area contributed by atoms with Crippen molar-refractivity contribution in [1.82, 2.24) is 15.2 Å². The van der Waals surface area contributed by atoms with E-state index in [-0.39, 0.29) is 6.42 Å². The van der Waals surface area contributed by atoms with Crippen LogP contribution in [0.25, 0.3) is 0 Å². The summed E-state index contributed by atoms with van der Waals surface area (Å²) in [6.07, 6.45) is -0.644. The van der Waals surface area contributed by atoms with Crippen molar-refractivity contribution in [2.75, 3.05) is 20.3 Å². The zero-order valence-electron chi connectivity index (χ0n) is 16.0. The Bertz CT molecular complexity index is 572. The topological polar surface area (TPSA) is 101 Å². The minimum absolute atomic E-state index is 0.0325. The molecule has 0 aliphatic heterocycles. The number of hydrogen-bond donors (Lipinski definition) is 2. The number of rotatable bonds is 11. The number of urea groups is 1. The van der Waals surface area contributed by atoms with Crippen LogP contribution in [-0.4, -0.2) is 59.6 Å². The summed E-state index contributed by atoms with van der Waals surface area (Å²) in [5, 5.41) is 14.8. The number of ether oxygens (including phenoxy) is 2. The van der Waals surface area contributed by atoms with E-state index in [1.807, 2.05) is 5.38 Å². The highest BCUT2D eigenvalue weighted by Gasteiger charge is 2.26. The zero-order valence-corrected chi connectivity index (χ0v) is 16.8. The summed E-state index contributed by atoms with van der Waals surface area (Å²) in [7, 11) is 1.60. The zero-order chi connectivity index (χ0) is 19.7. The highest BCUT2D eigenvalue weighted by atomic mass is 32.1. The van der Waals surface area contributed by atoms with Crippen LogP contribution in [0.2, 0.25) is 0 Å². The van der Waals surface area contributed by atoms with E-state index in [1.165, 1.54) is 4.90 Å². The lowest BCUT2D eigenvalue weighted by atomic mass is 10.2. The molecular weight excluding hydrogens is 358 g/mol. The molecule has 1 heterocycles. The van der Waals surface area contributed by atoms with Crippen molar-refractivity contribution in [3.63, 3.8) is 0 Å². The number of nitrogens with one attached hydrogen (secondary N) is 1. The molecule has 1 aromatic rings. The molecule has 0 unspecified atom stereocenters. The summed E-state index contributed by atoms with van der Waals surface area (Å²) < 4.78 is 10.7. The number of aliphatic carboxylic acids is 1. The summed E-state index contributed by atoms with van der Waals surface area (Å²) in [4.78, 5) is 29.7. The first-order valence-electron chi connectivity index (χ1n) is 8.70. The van der Waals surface area contributed by atoms with Crippen LogP contribution in [0.5, 0.6) is 0 Å². The third-order valence-electron chi connectivity index (χ3n) is 3.54. The summed E-state index contributed by atoms with van der Waals surface area (Å²) in [6, 6.07) is -1.59. The molecule has 0 fully saturated rings. The Balaban J connectivity index is 2.65. The van der Waals surface area contributed by atoms with Crippen LogP contribution in [0.4, 0.5) is 4.79 Å². The van der Waals surface area contributed by atoms with Gasteiger partial charge in [0.05, 0.1) is 17.2 Å². The number of carbonyl (C=O) groups excluding carboxylic acids is 1. The van der Waals surface area contributed by atoms with Gasteiger partial charge in [-0.15, -0.1) is 11.3 Å². The van der Waals surface area contributed by atoms with Crippen molar-refractivity contribution < 1.29 is 24.2 Å². The fourth-order valence-corrected chi connectivity index (χ4v) is 3.03. The van der Waals surface area contributed by atoms with Gasteiger partial charge in [0, 0.05) is 38.0 Å². The average Bonchev–Trinajstić information content (AvgIpc) is 3.03. The van der Waals surface area contributed by atoms with Crippen molar-refractivity contribution >= 4 is 23.3 Å². The van der Waals surface area contributed by atoms with Gasteiger partial charge in [-0.2, -0.15) is 0 Å². The first kappa shape index (κ1) is 22.3. The van der Waals surface area contributed by atoms with Crippen LogP contribution in [0.15, 0.2) is 5.38 Å². The van der Waals surface area contributed by atoms with Gasteiger partial charge in [-0.3, -0.25) is 0 Å². The second kappa shape index (κ2) is 11.1. The SMILES string of the molecule is CCOC(C[C@H](NC(=O)N(C)Cc1csc(C(C)C)n1)C(=O)O)OCC. The van der Waals surface area contributed by atoms with Gasteiger partial charge in [-0.25, -0.2) is 14.6 Å². The third-order valence-corrected chi connectivity index (χ3v) is 4.73. The molecule has 0 radical (unpaired) electrons. The normalized spacial score (nSPS) is 12.4. The van der Waals surface area contributed by atoms with Gasteiger partial charge in [-0.05, 0) is 13.8 Å². The van der Waals surface area contributed by atoms with Crippen LogP contribution in [0, 0.1) is 0 Å². The number of aromatic nitrogens is 1. The molecule has 1 rings (SSSR count). The molecule has 0 saturated carbocycles. The maximum Gasteiger partial charge on any atom is 0.326 e. The fraction of sp³-hybridized carbons (Fsp3) is 0.706. The maximum atomic E-state index is 12.3. The van der Waals surface area contributed by atoms with Crippen molar-refractivity contribution in [2.24, 2.45) is 0 Å². The number of nitrogens with zero attached hydrogens (tertiary/aromatic N) is 2. The molecule has 1 aromatic heterocycles. The van der Waals surface area contributed by atoms with E-state index < -0.39 is 24.3 Å². The second-order valence-electron chi connectivity index (χ2n) is 6.10. The van der Waals surface area contributed by atoms with Crippen molar-refractivity contribution in [2.45, 2.75) is 58.9 Å². The summed E-state index contributed by atoms with van der Waals surface area (Å²) in [6.45, 7) is 8.82. The Morgan fingerprint density at radius 3 is 2.38 bits per heavy atom. The Kier molecular flexibility index (Phi) is 9.53. The lowest BCUT2D eigenvalue weighted by Crippen LogP contribution is -2.48. The standard InChI is InChI=1S/C17H29N3O5S/c1-6-24-14(25-7-2)8-13(16(21)22)19-17(23)20(5)9-12-10-26-15(18-12)11(3)4/h10-11,13-14H,6-9H2,1-5H3,(H,19,23)(H,21,22)/t13-/m0/s1. The van der Waals surface area contributed by atoms with Gasteiger partial charge in [0.1, 0.15) is 6.04 Å². The van der Waals surface area contributed by atoms with Crippen molar-refractivity contribution in [3.8, 4) is 0 Å². The van der Waals surface area contributed by atoms with Gasteiger partial charge in [0.2, 0.25) is 0 Å². The lowest BCUT2D eigenvalue weighted by Gasteiger charge is -2.24. The first-order chi connectivity index (χ1) is 12.3. The molecule has 0 bridgehead atoms. The highest BCUT2D eigenvalue weighted by molar-refractivity contribution is 7.09. The Morgan fingerprint density at radius 1 is 1.31 bits per heavy atom. The molecule has 148 valence electrons. The van der Waals surface area contributed by atoms with Crippen LogP contribution in [0.1, 0.15) is 50.7 Å². The quantitative estimate of drug-likeness (QED) is 0.566. The second-order valence-corrected chi connectivity index (χ2v) is 6.99. The van der Waals surface area contributed by atoms with Gasteiger partial charge < -0.3 is 24.8 Å². The summed E-state index contributed by atoms with van der Waals surface area (Å²) >= 11 is 1.55. The molecular formula is C17H29N3O5S. The Hall–Kier alpha value is -1.71. The smallest absolute Gasteiger partial charge is 0.326 e. The molecule has 0 spiro atoms. The minimum Gasteiger partial charge on any atom is -0.480 e. The lowest BCUT2D eigenvalue weighted by molar-refractivity contribution is -0.156. The van der Waals surface area contributed by atoms with Crippen LogP contribution < -0.4 is 5.32 Å². The minimum atomic E-state index is -1.13. The van der Waals surface area contributed by atoms with Gasteiger partial charge in [0.15, 0.2) is 6.29 Å². The highest BCUT2D eigenvalue weighted by Crippen LogP contribution is 2.19. The first-order valence-corrected chi connectivity index (χ1v) is 9.58. The molecule has 9 heteroatoms. The monoisotopic (exact) mass is 387 g/mol. The number of carbonyl (C=O) groups is 2. The predicted octanol–water partition coefficient (Wildman–Crippen LogP) is 2.65. The third kappa shape index (κ3) is 7.27. The largest absolute Gasteiger partial charge is 0.480 e. The van der Waals surface area contributed by atoms with E-state index in [4.69, 9.17) is 9.47 Å². The molecule has 1 atom stereocenters. The molecule has 0 aliphatic rings. The van der Waals surface area contributed by atoms with E-state index in [0.29, 0.717) is 25.7 Å². The number of carboxylic acids is 1. The van der Waals surface area contributed by atoms with Crippen LogP contribution >= 0.6 is 11.3 Å². The van der Waals surface area contributed by atoms with E-state index in [9.17, 15) is 14.7 Å². The van der Waals surface area contributed by atoms with E-state index >= 15 is 0 Å². The summed E-state index contributed by atoms with van der Waals surface area (Å²) in [5.41, 5.74) is 0.782. The Labute approximate surface area is 158 Å². The van der Waals surface area contributed by atoms with Gasteiger partial charge in [-0.1, -0.05) is 13.8 Å². The van der Waals surface area contributed by atoms with E-state index in [0.717, 1.165) is 10.7 Å². The van der Waals surface area contributed by atoms with E-state index in [2.05, 4.69) is 24.1 Å². The molecule has 2 N–H and O–H groups in total.